The quantitative estimate of drug-likeness (QED) is 0.752. The molecule has 0 atom stereocenters. The van der Waals surface area contributed by atoms with Crippen molar-refractivity contribution in [1.82, 2.24) is 20.2 Å². The molecule has 0 bridgehead atoms. The Bertz CT molecular complexity index is 492. The fraction of sp³-hybridized carbons (Fsp3) is 0.643. The van der Waals surface area contributed by atoms with Crippen LogP contribution >= 0.6 is 0 Å². The molecule has 0 aliphatic heterocycles. The molecule has 1 aliphatic carbocycles. The lowest BCUT2D eigenvalue weighted by Gasteiger charge is -2.26. The van der Waals surface area contributed by atoms with Crippen molar-refractivity contribution in [3.05, 3.63) is 18.2 Å². The molecular formula is C14H22N4O3. The molecule has 0 unspecified atom stereocenters. The van der Waals surface area contributed by atoms with E-state index >= 15 is 0 Å². The Morgan fingerprint density at radius 3 is 2.67 bits per heavy atom. The summed E-state index contributed by atoms with van der Waals surface area (Å²) >= 11 is 0. The number of carboxylic acid groups (broad SMARTS) is 1. The summed E-state index contributed by atoms with van der Waals surface area (Å²) in [5.41, 5.74) is 0. The molecule has 7 nitrogen and oxygen atoms in total. The number of aromatic nitrogens is 2. The molecule has 21 heavy (non-hydrogen) atoms. The molecule has 3 N–H and O–H groups in total. The van der Waals surface area contributed by atoms with E-state index in [-0.39, 0.29) is 18.0 Å². The van der Waals surface area contributed by atoms with Gasteiger partial charge in [0.1, 0.15) is 5.82 Å². The summed E-state index contributed by atoms with van der Waals surface area (Å²) in [5, 5.41) is 14.6. The third-order valence-corrected chi connectivity index (χ3v) is 3.97. The zero-order valence-electron chi connectivity index (χ0n) is 12.2. The number of carbonyl (C=O) groups is 2. The van der Waals surface area contributed by atoms with Crippen molar-refractivity contribution in [2.75, 3.05) is 6.54 Å². The average Bonchev–Trinajstić information content (AvgIpc) is 2.85. The third-order valence-electron chi connectivity index (χ3n) is 3.97. The second-order valence-electron chi connectivity index (χ2n) is 5.49. The summed E-state index contributed by atoms with van der Waals surface area (Å²) in [6.07, 6.45) is 7.00. The van der Waals surface area contributed by atoms with E-state index in [0.717, 1.165) is 18.7 Å². The number of aliphatic carboxylic acids is 1. The van der Waals surface area contributed by atoms with Crippen molar-refractivity contribution in [2.45, 2.75) is 38.1 Å². The molecule has 1 heterocycles. The van der Waals surface area contributed by atoms with Gasteiger partial charge in [0.2, 0.25) is 0 Å². The lowest BCUT2D eigenvalue weighted by atomic mass is 9.86. The third kappa shape index (κ3) is 4.47. The van der Waals surface area contributed by atoms with E-state index in [0.29, 0.717) is 25.8 Å². The number of urea groups is 1. The van der Waals surface area contributed by atoms with E-state index < -0.39 is 5.97 Å². The van der Waals surface area contributed by atoms with Crippen LogP contribution in [0.3, 0.4) is 0 Å². The van der Waals surface area contributed by atoms with Crippen LogP contribution in [0, 0.1) is 5.92 Å². The van der Waals surface area contributed by atoms with Gasteiger partial charge >= 0.3 is 12.0 Å². The number of rotatable bonds is 5. The Morgan fingerprint density at radius 2 is 2.10 bits per heavy atom. The van der Waals surface area contributed by atoms with E-state index in [2.05, 4.69) is 15.6 Å². The maximum absolute atomic E-state index is 11.8. The number of nitrogens with one attached hydrogen (secondary N) is 2. The molecule has 1 saturated carbocycles. The van der Waals surface area contributed by atoms with Gasteiger partial charge in [0.15, 0.2) is 0 Å². The first-order valence-electron chi connectivity index (χ1n) is 7.29. The molecule has 116 valence electrons. The maximum Gasteiger partial charge on any atom is 0.315 e. The molecular weight excluding hydrogens is 272 g/mol. The summed E-state index contributed by atoms with van der Waals surface area (Å²) in [7, 11) is 1.92. The number of imidazole rings is 1. The number of nitrogens with zero attached hydrogens (tertiary/aromatic N) is 2. The molecule has 2 rings (SSSR count). The highest BCUT2D eigenvalue weighted by Gasteiger charge is 2.26. The molecule has 1 aromatic rings. The molecule has 0 saturated heterocycles. The highest BCUT2D eigenvalue weighted by atomic mass is 16.4. The van der Waals surface area contributed by atoms with Crippen LogP contribution in [0.15, 0.2) is 12.4 Å². The molecule has 1 aromatic heterocycles. The highest BCUT2D eigenvalue weighted by Crippen LogP contribution is 2.24. The van der Waals surface area contributed by atoms with Crippen LogP contribution < -0.4 is 10.6 Å². The minimum atomic E-state index is -0.729. The monoisotopic (exact) mass is 294 g/mol. The minimum absolute atomic E-state index is 0.0776. The van der Waals surface area contributed by atoms with Gasteiger partial charge < -0.3 is 20.3 Å². The number of carbonyl (C=O) groups excluding carboxylic acids is 1. The summed E-state index contributed by atoms with van der Waals surface area (Å²) < 4.78 is 1.92. The fourth-order valence-electron chi connectivity index (χ4n) is 2.65. The highest BCUT2D eigenvalue weighted by molar-refractivity contribution is 5.74. The first-order valence-corrected chi connectivity index (χ1v) is 7.29. The van der Waals surface area contributed by atoms with Crippen molar-refractivity contribution in [2.24, 2.45) is 13.0 Å². The topological polar surface area (TPSA) is 96.3 Å². The van der Waals surface area contributed by atoms with Gasteiger partial charge in [0.05, 0.1) is 5.92 Å². The van der Waals surface area contributed by atoms with Gasteiger partial charge in [-0.25, -0.2) is 9.78 Å². The van der Waals surface area contributed by atoms with Crippen LogP contribution in [-0.4, -0.2) is 39.2 Å². The minimum Gasteiger partial charge on any atom is -0.481 e. The van der Waals surface area contributed by atoms with Crippen LogP contribution in [-0.2, 0) is 18.3 Å². The lowest BCUT2D eigenvalue weighted by molar-refractivity contribution is -0.142. The van der Waals surface area contributed by atoms with Gasteiger partial charge in [-0.15, -0.1) is 0 Å². The summed E-state index contributed by atoms with van der Waals surface area (Å²) in [6, 6.07) is -0.114. The number of hydrogen-bond donors (Lipinski definition) is 3. The number of hydrogen-bond acceptors (Lipinski definition) is 3. The van der Waals surface area contributed by atoms with E-state index in [1.165, 1.54) is 0 Å². The van der Waals surface area contributed by atoms with Crippen molar-refractivity contribution in [3.63, 3.8) is 0 Å². The van der Waals surface area contributed by atoms with Crippen LogP contribution in [0.25, 0.3) is 0 Å². The molecule has 7 heteroatoms. The summed E-state index contributed by atoms with van der Waals surface area (Å²) in [6.45, 7) is 0.529. The number of amides is 2. The zero-order valence-corrected chi connectivity index (χ0v) is 12.2. The lowest BCUT2D eigenvalue weighted by Crippen LogP contribution is -2.44. The van der Waals surface area contributed by atoms with E-state index in [1.807, 2.05) is 17.8 Å². The Hall–Kier alpha value is -2.05. The van der Waals surface area contributed by atoms with Crippen molar-refractivity contribution in [1.29, 1.82) is 0 Å². The Labute approximate surface area is 123 Å². The van der Waals surface area contributed by atoms with Crippen LogP contribution in [0.4, 0.5) is 4.79 Å². The second kappa shape index (κ2) is 7.10. The average molecular weight is 294 g/mol. The van der Waals surface area contributed by atoms with Crippen LogP contribution in [0.5, 0.6) is 0 Å². The molecule has 0 spiro atoms. The van der Waals surface area contributed by atoms with Crippen molar-refractivity contribution in [3.8, 4) is 0 Å². The van der Waals surface area contributed by atoms with Gasteiger partial charge in [0, 0.05) is 38.4 Å². The maximum atomic E-state index is 11.8. The first-order chi connectivity index (χ1) is 10.1. The smallest absolute Gasteiger partial charge is 0.315 e. The molecule has 0 aromatic carbocycles. The van der Waals surface area contributed by atoms with E-state index in [1.54, 1.807) is 6.20 Å². The predicted molar refractivity (Wildman–Crippen MR) is 76.8 cm³/mol. The fourth-order valence-corrected chi connectivity index (χ4v) is 2.65. The second-order valence-corrected chi connectivity index (χ2v) is 5.49. The van der Waals surface area contributed by atoms with Crippen molar-refractivity contribution >= 4 is 12.0 Å². The molecule has 1 aliphatic rings. The molecule has 2 amide bonds. The van der Waals surface area contributed by atoms with Gasteiger partial charge in [-0.2, -0.15) is 0 Å². The van der Waals surface area contributed by atoms with Gasteiger partial charge in [-0.3, -0.25) is 4.79 Å². The number of carboxylic acids is 1. The molecule has 1 fully saturated rings. The Morgan fingerprint density at radius 1 is 1.38 bits per heavy atom. The normalized spacial score (nSPS) is 21.8. The molecule has 0 radical (unpaired) electrons. The Kier molecular flexibility index (Phi) is 5.19. The standard InChI is InChI=1S/C14H22N4O3/c1-18-9-8-15-12(18)6-7-16-14(21)17-11-4-2-10(3-5-11)13(19)20/h8-11H,2-7H2,1H3,(H,19,20)(H2,16,17,21). The summed E-state index contributed by atoms with van der Waals surface area (Å²) in [5.74, 6) is -0.0558. The van der Waals surface area contributed by atoms with Crippen molar-refractivity contribution < 1.29 is 14.7 Å². The largest absolute Gasteiger partial charge is 0.481 e. The SMILES string of the molecule is Cn1ccnc1CCNC(=O)NC1CCC(C(=O)O)CC1. The van der Waals surface area contributed by atoms with Gasteiger partial charge in [0.25, 0.3) is 0 Å². The number of aryl methyl sites for hydroxylation is 1. The van der Waals surface area contributed by atoms with E-state index in [9.17, 15) is 9.59 Å². The van der Waals surface area contributed by atoms with Gasteiger partial charge in [-0.05, 0) is 25.7 Å². The Balaban J connectivity index is 1.64. The summed E-state index contributed by atoms with van der Waals surface area (Å²) in [4.78, 5) is 26.8. The van der Waals surface area contributed by atoms with Crippen LogP contribution in [0.2, 0.25) is 0 Å². The van der Waals surface area contributed by atoms with Crippen LogP contribution in [0.1, 0.15) is 31.5 Å². The van der Waals surface area contributed by atoms with Gasteiger partial charge in [-0.1, -0.05) is 0 Å². The van der Waals surface area contributed by atoms with E-state index in [4.69, 9.17) is 5.11 Å². The zero-order chi connectivity index (χ0) is 15.2. The first kappa shape index (κ1) is 15.3. The predicted octanol–water partition coefficient (Wildman–Crippen LogP) is 0.905.